The van der Waals surface area contributed by atoms with Gasteiger partial charge in [-0.2, -0.15) is 0 Å². The molecule has 2 amide bonds. The molecule has 0 radical (unpaired) electrons. The van der Waals surface area contributed by atoms with Gasteiger partial charge in [0.25, 0.3) is 0 Å². The molecule has 0 atom stereocenters. The van der Waals surface area contributed by atoms with Gasteiger partial charge in [0.1, 0.15) is 12.3 Å². The van der Waals surface area contributed by atoms with Crippen LogP contribution in [0, 0.1) is 0 Å². The van der Waals surface area contributed by atoms with Gasteiger partial charge in [0.15, 0.2) is 21.3 Å². The van der Waals surface area contributed by atoms with Crippen LogP contribution >= 0.6 is 0 Å². The molecule has 0 bridgehead atoms. The summed E-state index contributed by atoms with van der Waals surface area (Å²) in [5.41, 5.74) is 1.38. The topological polar surface area (TPSA) is 116 Å². The number of aromatic nitrogens is 1. The first-order valence-corrected chi connectivity index (χ1v) is 12.9. The number of benzene rings is 2. The average molecular weight is 500 g/mol. The third kappa shape index (κ3) is 4.96. The molecule has 2 aromatic carbocycles. The fraction of sp³-hybridized carbons (Fsp3) is 0.333. The number of fused-ring (bicyclic) bond motifs is 2. The Kier molecular flexibility index (Phi) is 6.35. The average Bonchev–Trinajstić information content (AvgIpc) is 3.48. The lowest BCUT2D eigenvalue weighted by atomic mass is 10.2. The summed E-state index contributed by atoms with van der Waals surface area (Å²) in [6.45, 7) is 2.29. The molecule has 0 unspecified atom stereocenters. The first-order chi connectivity index (χ1) is 16.9. The third-order valence-corrected chi connectivity index (χ3v) is 7.64. The Bertz CT molecular complexity index is 1380. The number of amides is 2. The zero-order chi connectivity index (χ0) is 24.4. The molecular formula is C24H25N3O7S. The van der Waals surface area contributed by atoms with E-state index in [0.717, 1.165) is 5.56 Å². The quantitative estimate of drug-likeness (QED) is 0.521. The molecule has 11 heteroatoms. The zero-order valence-electron chi connectivity index (χ0n) is 18.9. The molecule has 1 fully saturated rings. The number of morpholine rings is 1. The van der Waals surface area contributed by atoms with Gasteiger partial charge in [-0.25, -0.2) is 8.42 Å². The minimum absolute atomic E-state index is 0.00629. The van der Waals surface area contributed by atoms with Crippen LogP contribution in [-0.2, 0) is 37.3 Å². The first kappa shape index (κ1) is 23.2. The van der Waals surface area contributed by atoms with Gasteiger partial charge in [-0.3, -0.25) is 9.59 Å². The molecule has 2 aliphatic heterocycles. The molecule has 3 aromatic rings. The molecule has 5 rings (SSSR count). The van der Waals surface area contributed by atoms with Crippen LogP contribution in [0.3, 0.4) is 0 Å². The number of ether oxygens (including phenoxy) is 3. The Morgan fingerprint density at radius 1 is 1.00 bits per heavy atom. The first-order valence-electron chi connectivity index (χ1n) is 11.2. The Balaban J connectivity index is 1.30. The smallest absolute Gasteiger partial charge is 0.242 e. The van der Waals surface area contributed by atoms with Crippen molar-refractivity contribution in [1.29, 1.82) is 0 Å². The summed E-state index contributed by atoms with van der Waals surface area (Å²) in [6.07, 6.45) is 1.45. The van der Waals surface area contributed by atoms with E-state index in [0.29, 0.717) is 48.7 Å². The molecule has 35 heavy (non-hydrogen) atoms. The van der Waals surface area contributed by atoms with Crippen molar-refractivity contribution in [3.05, 3.63) is 54.2 Å². The van der Waals surface area contributed by atoms with Gasteiger partial charge in [-0.05, 0) is 23.8 Å². The predicted molar refractivity (Wildman–Crippen MR) is 126 cm³/mol. The summed E-state index contributed by atoms with van der Waals surface area (Å²) >= 11 is 0. The lowest BCUT2D eigenvalue weighted by Crippen LogP contribution is -2.42. The van der Waals surface area contributed by atoms with E-state index in [4.69, 9.17) is 14.2 Å². The minimum atomic E-state index is -3.96. The van der Waals surface area contributed by atoms with Gasteiger partial charge in [0.05, 0.1) is 18.1 Å². The van der Waals surface area contributed by atoms with E-state index in [1.165, 1.54) is 6.20 Å². The highest BCUT2D eigenvalue weighted by Gasteiger charge is 2.26. The number of para-hydroxylation sites is 1. The highest BCUT2D eigenvalue weighted by molar-refractivity contribution is 7.92. The van der Waals surface area contributed by atoms with Crippen molar-refractivity contribution in [2.75, 3.05) is 38.8 Å². The molecule has 0 aliphatic carbocycles. The largest absolute Gasteiger partial charge is 0.454 e. The molecule has 1 saturated heterocycles. The van der Waals surface area contributed by atoms with Gasteiger partial charge < -0.3 is 29.0 Å². The van der Waals surface area contributed by atoms with Crippen LogP contribution in [0.25, 0.3) is 10.9 Å². The normalized spacial score (nSPS) is 15.4. The van der Waals surface area contributed by atoms with E-state index in [1.54, 1.807) is 51.9 Å². The fourth-order valence-electron chi connectivity index (χ4n) is 4.20. The van der Waals surface area contributed by atoms with E-state index in [2.05, 4.69) is 5.32 Å². The molecule has 1 aromatic heterocycles. The Morgan fingerprint density at radius 2 is 1.77 bits per heavy atom. The van der Waals surface area contributed by atoms with Crippen molar-refractivity contribution in [2.24, 2.45) is 0 Å². The summed E-state index contributed by atoms with van der Waals surface area (Å²) in [5.74, 6) is -0.221. The van der Waals surface area contributed by atoms with Crippen molar-refractivity contribution in [3.8, 4) is 11.5 Å². The Morgan fingerprint density at radius 3 is 2.60 bits per heavy atom. The van der Waals surface area contributed by atoms with Gasteiger partial charge >= 0.3 is 0 Å². The number of rotatable bonds is 7. The maximum atomic E-state index is 13.2. The number of hydrogen-bond acceptors (Lipinski definition) is 7. The van der Waals surface area contributed by atoms with Crippen LogP contribution in [0.5, 0.6) is 11.5 Å². The third-order valence-electron chi connectivity index (χ3n) is 6.00. The number of nitrogens with zero attached hydrogens (tertiary/aromatic N) is 2. The maximum Gasteiger partial charge on any atom is 0.242 e. The molecule has 0 saturated carbocycles. The highest BCUT2D eigenvalue weighted by Crippen LogP contribution is 2.32. The SMILES string of the molecule is O=C(CS(=O)(=O)c1cn(CC(=O)N2CCOCC2)c2ccccc12)NCc1ccc2c(c1)OCO2. The van der Waals surface area contributed by atoms with Crippen LogP contribution in [0.15, 0.2) is 53.6 Å². The number of sulfone groups is 1. The number of carbonyl (C=O) groups is 2. The molecule has 184 valence electrons. The molecule has 10 nitrogen and oxygen atoms in total. The summed E-state index contributed by atoms with van der Waals surface area (Å²) in [7, 11) is -3.96. The van der Waals surface area contributed by atoms with E-state index in [9.17, 15) is 18.0 Å². The zero-order valence-corrected chi connectivity index (χ0v) is 19.8. The number of nitrogens with one attached hydrogen (secondary N) is 1. The summed E-state index contributed by atoms with van der Waals surface area (Å²) < 4.78 is 43.9. The monoisotopic (exact) mass is 499 g/mol. The number of hydrogen-bond donors (Lipinski definition) is 1. The van der Waals surface area contributed by atoms with Gasteiger partial charge in [-0.15, -0.1) is 0 Å². The standard InChI is InChI=1S/C24H25N3O7S/c28-23(25-12-17-5-6-20-21(11-17)34-16-33-20)15-35(30,31)22-13-27(19-4-2-1-3-18(19)22)14-24(29)26-7-9-32-10-8-26/h1-6,11,13H,7-10,12,14-16H2,(H,25,28). The van der Waals surface area contributed by atoms with Crippen molar-refractivity contribution in [2.45, 2.75) is 18.0 Å². The second-order valence-corrected chi connectivity index (χ2v) is 10.3. The van der Waals surface area contributed by atoms with Crippen molar-refractivity contribution < 1.29 is 32.2 Å². The van der Waals surface area contributed by atoms with Crippen LogP contribution in [0.2, 0.25) is 0 Å². The van der Waals surface area contributed by atoms with E-state index in [1.807, 2.05) is 0 Å². The summed E-state index contributed by atoms with van der Waals surface area (Å²) in [6, 6.07) is 12.2. The van der Waals surface area contributed by atoms with Crippen molar-refractivity contribution in [3.63, 3.8) is 0 Å². The van der Waals surface area contributed by atoms with Crippen LogP contribution in [0.1, 0.15) is 5.56 Å². The molecule has 3 heterocycles. The fourth-order valence-corrected chi connectivity index (χ4v) is 5.60. The molecule has 0 spiro atoms. The van der Waals surface area contributed by atoms with Gasteiger partial charge in [0, 0.05) is 36.7 Å². The van der Waals surface area contributed by atoms with Crippen LogP contribution in [-0.4, -0.2) is 68.5 Å². The lowest BCUT2D eigenvalue weighted by Gasteiger charge is -2.27. The van der Waals surface area contributed by atoms with E-state index >= 15 is 0 Å². The van der Waals surface area contributed by atoms with E-state index < -0.39 is 21.5 Å². The second kappa shape index (κ2) is 9.59. The van der Waals surface area contributed by atoms with Crippen LogP contribution < -0.4 is 14.8 Å². The Labute approximate surface area is 202 Å². The van der Waals surface area contributed by atoms with Gasteiger partial charge in [-0.1, -0.05) is 24.3 Å². The van der Waals surface area contributed by atoms with Gasteiger partial charge in [0.2, 0.25) is 18.6 Å². The Hall–Kier alpha value is -3.57. The van der Waals surface area contributed by atoms with Crippen LogP contribution in [0.4, 0.5) is 0 Å². The molecule has 1 N–H and O–H groups in total. The number of carbonyl (C=O) groups excluding carboxylic acids is 2. The molecular weight excluding hydrogens is 474 g/mol. The minimum Gasteiger partial charge on any atom is -0.454 e. The highest BCUT2D eigenvalue weighted by atomic mass is 32.2. The maximum absolute atomic E-state index is 13.2. The molecule has 2 aliphatic rings. The lowest BCUT2D eigenvalue weighted by molar-refractivity contribution is -0.135. The van der Waals surface area contributed by atoms with Crippen molar-refractivity contribution >= 4 is 32.6 Å². The summed E-state index contributed by atoms with van der Waals surface area (Å²) in [4.78, 5) is 27.0. The van der Waals surface area contributed by atoms with E-state index in [-0.39, 0.29) is 30.7 Å². The predicted octanol–water partition coefficient (Wildman–Crippen LogP) is 1.32. The van der Waals surface area contributed by atoms with Crippen molar-refractivity contribution in [1.82, 2.24) is 14.8 Å². The summed E-state index contributed by atoms with van der Waals surface area (Å²) in [5, 5.41) is 3.13. The second-order valence-electron chi connectivity index (χ2n) is 8.35.